The molecule has 1 saturated heterocycles. The van der Waals surface area contributed by atoms with E-state index in [1.165, 1.54) is 19.3 Å². The lowest BCUT2D eigenvalue weighted by Crippen LogP contribution is -2.32. The van der Waals surface area contributed by atoms with E-state index in [1.54, 1.807) is 0 Å². The maximum Gasteiger partial charge on any atom is 0.0699 e. The summed E-state index contributed by atoms with van der Waals surface area (Å²) in [6.45, 7) is 6.74. The maximum absolute atomic E-state index is 5.54. The Kier molecular flexibility index (Phi) is 4.55. The highest BCUT2D eigenvalue weighted by molar-refractivity contribution is 4.66. The van der Waals surface area contributed by atoms with Gasteiger partial charge in [0.1, 0.15) is 0 Å². The van der Waals surface area contributed by atoms with Crippen LogP contribution in [0, 0.1) is 6.92 Å². The molecule has 2 heteroatoms. The lowest BCUT2D eigenvalue weighted by atomic mass is 10.1. The van der Waals surface area contributed by atoms with Crippen molar-refractivity contribution in [3.8, 4) is 0 Å². The molecule has 0 aromatic rings. The zero-order chi connectivity index (χ0) is 7.94. The molecule has 0 amide bonds. The van der Waals surface area contributed by atoms with Crippen molar-refractivity contribution in [3.63, 3.8) is 0 Å². The second-order valence-corrected chi connectivity index (χ2v) is 3.05. The molecule has 1 aliphatic heterocycles. The van der Waals surface area contributed by atoms with Crippen LogP contribution in [0.5, 0.6) is 0 Å². The van der Waals surface area contributed by atoms with Gasteiger partial charge in [-0.15, -0.1) is 0 Å². The molecule has 0 aliphatic carbocycles. The predicted octanol–water partition coefficient (Wildman–Crippen LogP) is 1.37. The third-order valence-corrected chi connectivity index (χ3v) is 2.00. The second kappa shape index (κ2) is 5.56. The lowest BCUT2D eigenvalue weighted by molar-refractivity contribution is 0.0171. The highest BCUT2D eigenvalue weighted by Gasteiger charge is 2.12. The van der Waals surface area contributed by atoms with E-state index in [0.717, 1.165) is 26.1 Å². The van der Waals surface area contributed by atoms with Gasteiger partial charge in [0, 0.05) is 13.2 Å². The Hall–Kier alpha value is -0.0800. The minimum Gasteiger partial charge on any atom is -0.377 e. The highest BCUT2D eigenvalue weighted by atomic mass is 16.5. The summed E-state index contributed by atoms with van der Waals surface area (Å²) in [5.41, 5.74) is 0. The molecular formula is C9H18NO. The Balaban J connectivity index is 1.96. The Labute approximate surface area is 69.3 Å². The van der Waals surface area contributed by atoms with Crippen LogP contribution >= 0.6 is 0 Å². The van der Waals surface area contributed by atoms with E-state index in [9.17, 15) is 0 Å². The normalized spacial score (nSPS) is 25.4. The number of hydrogen-bond acceptors (Lipinski definition) is 2. The molecule has 1 N–H and O–H groups in total. The predicted molar refractivity (Wildman–Crippen MR) is 46.4 cm³/mol. The number of rotatable bonds is 4. The van der Waals surface area contributed by atoms with Gasteiger partial charge in [-0.2, -0.15) is 0 Å². The molecule has 11 heavy (non-hydrogen) atoms. The molecule has 65 valence electrons. The molecule has 1 aliphatic rings. The quantitative estimate of drug-likeness (QED) is 0.621. The molecule has 1 unspecified atom stereocenters. The summed E-state index contributed by atoms with van der Waals surface area (Å²) >= 11 is 0. The van der Waals surface area contributed by atoms with Crippen molar-refractivity contribution in [2.24, 2.45) is 0 Å². The molecule has 0 bridgehead atoms. The van der Waals surface area contributed by atoms with Gasteiger partial charge in [0.15, 0.2) is 0 Å². The smallest absolute Gasteiger partial charge is 0.0699 e. The Bertz CT molecular complexity index is 89.6. The van der Waals surface area contributed by atoms with E-state index in [0.29, 0.717) is 6.10 Å². The van der Waals surface area contributed by atoms with Gasteiger partial charge in [0.05, 0.1) is 6.10 Å². The highest BCUT2D eigenvalue weighted by Crippen LogP contribution is 2.11. The minimum atomic E-state index is 0.468. The van der Waals surface area contributed by atoms with Gasteiger partial charge in [-0.3, -0.25) is 0 Å². The van der Waals surface area contributed by atoms with Crippen molar-refractivity contribution in [3.05, 3.63) is 6.92 Å². The molecule has 2 nitrogen and oxygen atoms in total. The zero-order valence-corrected chi connectivity index (χ0v) is 7.14. The monoisotopic (exact) mass is 156 g/mol. The maximum atomic E-state index is 5.54. The molecule has 1 atom stereocenters. The van der Waals surface area contributed by atoms with E-state index in [-0.39, 0.29) is 0 Å². The van der Waals surface area contributed by atoms with Gasteiger partial charge in [-0.1, -0.05) is 6.92 Å². The van der Waals surface area contributed by atoms with Crippen LogP contribution in [0.1, 0.15) is 25.7 Å². The first kappa shape index (κ1) is 9.01. The third-order valence-electron chi connectivity index (χ3n) is 2.00. The first-order valence-electron chi connectivity index (χ1n) is 4.55. The van der Waals surface area contributed by atoms with Gasteiger partial charge in [-0.05, 0) is 32.2 Å². The summed E-state index contributed by atoms with van der Waals surface area (Å²) in [7, 11) is 0. The SMILES string of the molecule is [CH2]CCNCC1CCCCO1. The topological polar surface area (TPSA) is 21.3 Å². The summed E-state index contributed by atoms with van der Waals surface area (Å²) in [4.78, 5) is 0. The van der Waals surface area contributed by atoms with Gasteiger partial charge in [0.25, 0.3) is 0 Å². The van der Waals surface area contributed by atoms with Crippen molar-refractivity contribution in [2.75, 3.05) is 19.7 Å². The van der Waals surface area contributed by atoms with Crippen molar-refractivity contribution >= 4 is 0 Å². The molecule has 1 radical (unpaired) electrons. The molecule has 1 heterocycles. The van der Waals surface area contributed by atoms with Crippen LogP contribution in [0.3, 0.4) is 0 Å². The summed E-state index contributed by atoms with van der Waals surface area (Å²) in [6, 6.07) is 0. The Morgan fingerprint density at radius 2 is 2.36 bits per heavy atom. The lowest BCUT2D eigenvalue weighted by Gasteiger charge is -2.22. The van der Waals surface area contributed by atoms with Crippen molar-refractivity contribution in [1.29, 1.82) is 0 Å². The first-order chi connectivity index (χ1) is 5.43. The number of nitrogens with one attached hydrogen (secondary N) is 1. The van der Waals surface area contributed by atoms with Crippen LogP contribution in [0.15, 0.2) is 0 Å². The average molecular weight is 156 g/mol. The molecular weight excluding hydrogens is 138 g/mol. The van der Waals surface area contributed by atoms with Crippen LogP contribution in [0.4, 0.5) is 0 Å². The largest absolute Gasteiger partial charge is 0.377 e. The van der Waals surface area contributed by atoms with Crippen LogP contribution in [0.2, 0.25) is 0 Å². The van der Waals surface area contributed by atoms with E-state index < -0.39 is 0 Å². The summed E-state index contributed by atoms with van der Waals surface area (Å²) < 4.78 is 5.54. The number of hydrogen-bond donors (Lipinski definition) is 1. The van der Waals surface area contributed by atoms with Crippen molar-refractivity contribution in [1.82, 2.24) is 5.32 Å². The zero-order valence-electron chi connectivity index (χ0n) is 7.14. The standard InChI is InChI=1S/C9H18NO/c1-2-6-10-8-9-5-3-4-7-11-9/h9-10H,1-8H2. The van der Waals surface area contributed by atoms with Crippen molar-refractivity contribution in [2.45, 2.75) is 31.8 Å². The molecule has 0 saturated carbocycles. The van der Waals surface area contributed by atoms with Crippen LogP contribution < -0.4 is 5.32 Å². The molecule has 0 spiro atoms. The van der Waals surface area contributed by atoms with E-state index in [1.807, 2.05) is 0 Å². The molecule has 1 fully saturated rings. The molecule has 0 aromatic heterocycles. The minimum absolute atomic E-state index is 0.468. The van der Waals surface area contributed by atoms with Crippen LogP contribution in [-0.2, 0) is 4.74 Å². The summed E-state index contributed by atoms with van der Waals surface area (Å²) in [5, 5.41) is 3.32. The molecule has 0 aromatic carbocycles. The average Bonchev–Trinajstić information content (AvgIpc) is 2.07. The van der Waals surface area contributed by atoms with Gasteiger partial charge >= 0.3 is 0 Å². The fourth-order valence-corrected chi connectivity index (χ4v) is 1.36. The van der Waals surface area contributed by atoms with Crippen LogP contribution in [0.25, 0.3) is 0 Å². The van der Waals surface area contributed by atoms with Gasteiger partial charge in [-0.25, -0.2) is 0 Å². The fraction of sp³-hybridized carbons (Fsp3) is 0.889. The Morgan fingerprint density at radius 3 is 3.00 bits per heavy atom. The summed E-state index contributed by atoms with van der Waals surface area (Å²) in [6.07, 6.45) is 5.23. The summed E-state index contributed by atoms with van der Waals surface area (Å²) in [5.74, 6) is 0. The third kappa shape index (κ3) is 3.73. The fourth-order valence-electron chi connectivity index (χ4n) is 1.36. The van der Waals surface area contributed by atoms with E-state index in [4.69, 9.17) is 4.74 Å². The van der Waals surface area contributed by atoms with Crippen LogP contribution in [-0.4, -0.2) is 25.8 Å². The van der Waals surface area contributed by atoms with Crippen molar-refractivity contribution < 1.29 is 4.74 Å². The van der Waals surface area contributed by atoms with Gasteiger partial charge < -0.3 is 10.1 Å². The van der Waals surface area contributed by atoms with Gasteiger partial charge in [0.2, 0.25) is 0 Å². The van der Waals surface area contributed by atoms with E-state index in [2.05, 4.69) is 12.2 Å². The number of ether oxygens (including phenoxy) is 1. The van der Waals surface area contributed by atoms with E-state index >= 15 is 0 Å². The Morgan fingerprint density at radius 1 is 1.45 bits per heavy atom. The first-order valence-corrected chi connectivity index (χ1v) is 4.55. The molecule has 1 rings (SSSR count). The second-order valence-electron chi connectivity index (χ2n) is 3.05.